The molecule has 0 atom stereocenters. The molecule has 0 amide bonds. The van der Waals surface area contributed by atoms with E-state index >= 15 is 0 Å². The van der Waals surface area contributed by atoms with Gasteiger partial charge in [-0.25, -0.2) is 0 Å². The summed E-state index contributed by atoms with van der Waals surface area (Å²) < 4.78 is 0. The highest BCUT2D eigenvalue weighted by molar-refractivity contribution is 5.99. The van der Waals surface area contributed by atoms with Gasteiger partial charge < -0.3 is 0 Å². The molecular weight excluding hydrogens is 288 g/mol. The third kappa shape index (κ3) is 4.38. The van der Waals surface area contributed by atoms with Gasteiger partial charge in [0.25, 0.3) is 0 Å². The Labute approximate surface area is 146 Å². The lowest BCUT2D eigenvalue weighted by Crippen LogP contribution is -1.89. The van der Waals surface area contributed by atoms with Crippen molar-refractivity contribution in [3.8, 4) is 0 Å². The van der Waals surface area contributed by atoms with Gasteiger partial charge >= 0.3 is 0 Å². The average molecular weight is 317 g/mol. The number of unbranched alkanes of at least 4 members (excludes halogenated alkanes) is 7. The second-order valence-corrected chi connectivity index (χ2v) is 6.99. The molecule has 0 bridgehead atoms. The number of fused-ring (bicyclic) bond motifs is 2. The predicted octanol–water partition coefficient (Wildman–Crippen LogP) is 7.48. The summed E-state index contributed by atoms with van der Waals surface area (Å²) in [7, 11) is 0. The van der Waals surface area contributed by atoms with Gasteiger partial charge in [-0.05, 0) is 64.2 Å². The number of hydrogen-bond acceptors (Lipinski definition) is 0. The molecule has 125 valence electrons. The molecule has 1 radical (unpaired) electrons. The first-order valence-electron chi connectivity index (χ1n) is 9.70. The maximum atomic E-state index is 3.18. The minimum atomic E-state index is 1.21. The molecule has 24 heavy (non-hydrogen) atoms. The zero-order chi connectivity index (χ0) is 16.6. The van der Waals surface area contributed by atoms with Gasteiger partial charge in [0.15, 0.2) is 0 Å². The van der Waals surface area contributed by atoms with Crippen molar-refractivity contribution in [3.63, 3.8) is 0 Å². The van der Waals surface area contributed by atoms with Gasteiger partial charge in [-0.15, -0.1) is 0 Å². The van der Waals surface area contributed by atoms with Crippen LogP contribution in [0, 0.1) is 6.07 Å². The van der Waals surface area contributed by atoms with E-state index in [1.807, 2.05) is 6.07 Å². The van der Waals surface area contributed by atoms with E-state index in [4.69, 9.17) is 0 Å². The van der Waals surface area contributed by atoms with Gasteiger partial charge in [0.2, 0.25) is 0 Å². The van der Waals surface area contributed by atoms with Crippen molar-refractivity contribution in [2.45, 2.75) is 64.7 Å². The summed E-state index contributed by atoms with van der Waals surface area (Å²) in [4.78, 5) is 0. The van der Waals surface area contributed by atoms with Crippen molar-refractivity contribution in [2.75, 3.05) is 0 Å². The Morgan fingerprint density at radius 2 is 1.54 bits per heavy atom. The fourth-order valence-corrected chi connectivity index (χ4v) is 3.64. The molecule has 3 aromatic carbocycles. The second kappa shape index (κ2) is 8.87. The van der Waals surface area contributed by atoms with E-state index in [-0.39, 0.29) is 0 Å². The summed E-state index contributed by atoms with van der Waals surface area (Å²) in [5.74, 6) is 0. The SMILES string of the molecule is CCCCCCCCCCc1cccc2cc3c[c]ccc3cc12. The van der Waals surface area contributed by atoms with E-state index < -0.39 is 0 Å². The Hall–Kier alpha value is -1.82. The van der Waals surface area contributed by atoms with Crippen molar-refractivity contribution in [3.05, 3.63) is 60.2 Å². The number of hydrogen-bond donors (Lipinski definition) is 0. The molecule has 3 aromatic rings. The lowest BCUT2D eigenvalue weighted by atomic mass is 9.96. The fourth-order valence-electron chi connectivity index (χ4n) is 3.64. The van der Waals surface area contributed by atoms with Gasteiger partial charge in [0.1, 0.15) is 0 Å². The highest BCUT2D eigenvalue weighted by Gasteiger charge is 2.03. The topological polar surface area (TPSA) is 0 Å². The van der Waals surface area contributed by atoms with Gasteiger partial charge in [0.05, 0.1) is 0 Å². The van der Waals surface area contributed by atoms with Crippen molar-refractivity contribution < 1.29 is 0 Å². The Balaban J connectivity index is 1.59. The molecule has 3 rings (SSSR count). The monoisotopic (exact) mass is 317 g/mol. The molecule has 0 aromatic heterocycles. The van der Waals surface area contributed by atoms with E-state index in [1.165, 1.54) is 84.9 Å². The quantitative estimate of drug-likeness (QED) is 0.283. The van der Waals surface area contributed by atoms with Crippen LogP contribution in [0.25, 0.3) is 21.5 Å². The molecule has 0 saturated carbocycles. The third-order valence-electron chi connectivity index (χ3n) is 5.07. The largest absolute Gasteiger partial charge is 0.0654 e. The van der Waals surface area contributed by atoms with Gasteiger partial charge in [-0.2, -0.15) is 0 Å². The normalized spacial score (nSPS) is 11.4. The van der Waals surface area contributed by atoms with E-state index in [0.29, 0.717) is 0 Å². The van der Waals surface area contributed by atoms with Crippen LogP contribution >= 0.6 is 0 Å². The zero-order valence-corrected chi connectivity index (χ0v) is 15.0. The van der Waals surface area contributed by atoms with Crippen LogP contribution in [0.15, 0.2) is 48.5 Å². The van der Waals surface area contributed by atoms with Crippen LogP contribution < -0.4 is 0 Å². The Kier molecular flexibility index (Phi) is 6.29. The van der Waals surface area contributed by atoms with Crippen LogP contribution in [0.4, 0.5) is 0 Å². The lowest BCUT2D eigenvalue weighted by molar-refractivity contribution is 0.576. The van der Waals surface area contributed by atoms with Crippen LogP contribution in [-0.4, -0.2) is 0 Å². The number of aryl methyl sites for hydroxylation is 1. The van der Waals surface area contributed by atoms with Crippen molar-refractivity contribution in [1.29, 1.82) is 0 Å². The highest BCUT2D eigenvalue weighted by Crippen LogP contribution is 2.26. The summed E-state index contributed by atoms with van der Waals surface area (Å²) in [5.41, 5.74) is 1.51. The van der Waals surface area contributed by atoms with E-state index in [9.17, 15) is 0 Å². The molecule has 0 unspecified atom stereocenters. The van der Waals surface area contributed by atoms with Gasteiger partial charge in [-0.3, -0.25) is 0 Å². The molecule has 0 aliphatic heterocycles. The van der Waals surface area contributed by atoms with Crippen LogP contribution in [0.1, 0.15) is 63.9 Å². The summed E-state index contributed by atoms with van der Waals surface area (Å²) >= 11 is 0. The number of rotatable bonds is 9. The Bertz CT molecular complexity index is 769. The lowest BCUT2D eigenvalue weighted by Gasteiger charge is -2.09. The Morgan fingerprint density at radius 3 is 2.38 bits per heavy atom. The minimum absolute atomic E-state index is 1.21. The third-order valence-corrected chi connectivity index (χ3v) is 5.07. The van der Waals surface area contributed by atoms with Gasteiger partial charge in [0, 0.05) is 0 Å². The summed E-state index contributed by atoms with van der Waals surface area (Å²) in [6, 6.07) is 20.9. The predicted molar refractivity (Wildman–Crippen MR) is 107 cm³/mol. The fraction of sp³-hybridized carbons (Fsp3) is 0.417. The average Bonchev–Trinajstić information content (AvgIpc) is 2.62. The smallest absolute Gasteiger partial charge is 0.0146 e. The molecule has 0 spiro atoms. The molecule has 0 heterocycles. The van der Waals surface area contributed by atoms with Crippen LogP contribution in [-0.2, 0) is 6.42 Å². The summed E-state index contributed by atoms with van der Waals surface area (Å²) in [6.07, 6.45) is 12.3. The van der Waals surface area contributed by atoms with Crippen LogP contribution in [0.2, 0.25) is 0 Å². The second-order valence-electron chi connectivity index (χ2n) is 6.99. The zero-order valence-electron chi connectivity index (χ0n) is 15.0. The molecule has 0 aliphatic carbocycles. The molecule has 0 N–H and O–H groups in total. The maximum absolute atomic E-state index is 3.18. The molecule has 0 heteroatoms. The number of benzene rings is 3. The molecule has 0 fully saturated rings. The van der Waals surface area contributed by atoms with Gasteiger partial charge in [-0.1, -0.05) is 82.2 Å². The maximum Gasteiger partial charge on any atom is -0.0146 e. The molecule has 0 saturated heterocycles. The van der Waals surface area contributed by atoms with Crippen molar-refractivity contribution in [2.24, 2.45) is 0 Å². The Morgan fingerprint density at radius 1 is 0.750 bits per heavy atom. The molecular formula is C24H29. The first-order chi connectivity index (χ1) is 11.9. The summed E-state index contributed by atoms with van der Waals surface area (Å²) in [6.45, 7) is 2.28. The van der Waals surface area contributed by atoms with Crippen LogP contribution in [0.3, 0.4) is 0 Å². The first kappa shape index (κ1) is 17.0. The van der Waals surface area contributed by atoms with E-state index in [0.717, 1.165) is 0 Å². The van der Waals surface area contributed by atoms with Crippen molar-refractivity contribution >= 4 is 21.5 Å². The molecule has 0 nitrogen and oxygen atoms in total. The van der Waals surface area contributed by atoms with E-state index in [2.05, 4.69) is 55.5 Å². The van der Waals surface area contributed by atoms with Crippen molar-refractivity contribution in [1.82, 2.24) is 0 Å². The highest BCUT2D eigenvalue weighted by atomic mass is 14.1. The minimum Gasteiger partial charge on any atom is -0.0654 e. The molecule has 0 aliphatic rings. The summed E-state index contributed by atoms with van der Waals surface area (Å²) in [5, 5.41) is 5.40. The van der Waals surface area contributed by atoms with E-state index in [1.54, 1.807) is 0 Å². The first-order valence-corrected chi connectivity index (χ1v) is 9.70. The van der Waals surface area contributed by atoms with Crippen LogP contribution in [0.5, 0.6) is 0 Å². The standard InChI is InChI=1S/C24H29/c1-2-3-4-5-6-7-8-9-13-20-16-12-17-23-18-21-14-10-11-15-22(21)19-24(20)23/h11-12,14-19H,2-9,13H2,1H3.